The topological polar surface area (TPSA) is 56.7 Å². The number of anilines is 2. The second-order valence-corrected chi connectivity index (χ2v) is 6.25. The van der Waals surface area contributed by atoms with E-state index in [-0.39, 0.29) is 6.03 Å². The number of amides is 2. The fourth-order valence-corrected chi connectivity index (χ4v) is 2.91. The maximum absolute atomic E-state index is 12.2. The molecule has 2 amide bonds. The number of amidine groups is 1. The fourth-order valence-electron chi connectivity index (χ4n) is 2.46. The normalized spacial score (nSPS) is 13.6. The molecule has 7 heteroatoms. The molecule has 124 valence electrons. The van der Waals surface area contributed by atoms with Gasteiger partial charge in [0.1, 0.15) is 5.84 Å². The molecule has 1 aliphatic heterocycles. The summed E-state index contributed by atoms with van der Waals surface area (Å²) in [6, 6.07) is 12.1. The average molecular weight is 363 g/mol. The number of rotatable bonds is 3. The molecule has 5 nitrogen and oxygen atoms in total. The average Bonchev–Trinajstić information content (AvgIpc) is 2.96. The molecule has 24 heavy (non-hydrogen) atoms. The van der Waals surface area contributed by atoms with E-state index in [9.17, 15) is 4.79 Å². The van der Waals surface area contributed by atoms with Crippen LogP contribution in [0.3, 0.4) is 0 Å². The first kappa shape index (κ1) is 16.6. The van der Waals surface area contributed by atoms with E-state index in [1.165, 1.54) is 0 Å². The van der Waals surface area contributed by atoms with Crippen LogP contribution in [-0.4, -0.2) is 36.9 Å². The lowest BCUT2D eigenvalue weighted by atomic mass is 10.1. The molecule has 2 aromatic rings. The highest BCUT2D eigenvalue weighted by molar-refractivity contribution is 6.36. The van der Waals surface area contributed by atoms with Crippen molar-refractivity contribution in [2.45, 2.75) is 0 Å². The maximum Gasteiger partial charge on any atom is 0.323 e. The van der Waals surface area contributed by atoms with E-state index in [0.29, 0.717) is 21.4 Å². The number of aliphatic imine (C=N–C) groups is 1. The number of carbonyl (C=O) groups is 1. The largest absolute Gasteiger partial charge is 0.358 e. The third kappa shape index (κ3) is 3.80. The van der Waals surface area contributed by atoms with Crippen molar-refractivity contribution in [3.05, 3.63) is 58.1 Å². The van der Waals surface area contributed by atoms with Crippen LogP contribution in [0.4, 0.5) is 16.2 Å². The molecule has 0 unspecified atom stereocenters. The Kier molecular flexibility index (Phi) is 4.92. The number of likely N-dealkylation sites (N-methyl/N-ethyl adjacent to an activating group) is 1. The highest BCUT2D eigenvalue weighted by atomic mass is 35.5. The number of hydrogen-bond acceptors (Lipinski definition) is 3. The molecule has 0 spiro atoms. The number of urea groups is 1. The van der Waals surface area contributed by atoms with Crippen molar-refractivity contribution in [1.29, 1.82) is 0 Å². The Balaban J connectivity index is 1.70. The summed E-state index contributed by atoms with van der Waals surface area (Å²) in [7, 11) is 2.00. The molecule has 0 aliphatic carbocycles. The van der Waals surface area contributed by atoms with Crippen molar-refractivity contribution in [2.24, 2.45) is 4.99 Å². The number of nitrogens with one attached hydrogen (secondary N) is 2. The molecule has 0 bridgehead atoms. The van der Waals surface area contributed by atoms with Crippen molar-refractivity contribution in [3.8, 4) is 0 Å². The van der Waals surface area contributed by atoms with Crippen molar-refractivity contribution in [2.75, 3.05) is 30.8 Å². The van der Waals surface area contributed by atoms with Gasteiger partial charge in [0.15, 0.2) is 0 Å². The quantitative estimate of drug-likeness (QED) is 0.853. The second-order valence-electron chi connectivity index (χ2n) is 5.41. The summed E-state index contributed by atoms with van der Waals surface area (Å²) in [5, 5.41) is 6.39. The zero-order valence-corrected chi connectivity index (χ0v) is 14.5. The van der Waals surface area contributed by atoms with Crippen molar-refractivity contribution < 1.29 is 4.79 Å². The Labute approximate surface area is 150 Å². The summed E-state index contributed by atoms with van der Waals surface area (Å²) < 4.78 is 0. The van der Waals surface area contributed by atoms with E-state index in [4.69, 9.17) is 23.2 Å². The van der Waals surface area contributed by atoms with Crippen LogP contribution in [0.1, 0.15) is 5.56 Å². The lowest BCUT2D eigenvalue weighted by Gasteiger charge is -2.15. The van der Waals surface area contributed by atoms with Crippen LogP contribution in [0.15, 0.2) is 47.5 Å². The van der Waals surface area contributed by atoms with Gasteiger partial charge in [-0.25, -0.2) is 4.79 Å². The molecular formula is C17H16Cl2N4O. The van der Waals surface area contributed by atoms with Crippen LogP contribution in [0.2, 0.25) is 10.0 Å². The first-order chi connectivity index (χ1) is 11.5. The molecule has 1 heterocycles. The molecule has 0 atom stereocenters. The summed E-state index contributed by atoms with van der Waals surface area (Å²) in [5.41, 5.74) is 2.14. The second kappa shape index (κ2) is 7.11. The van der Waals surface area contributed by atoms with Gasteiger partial charge in [0.2, 0.25) is 0 Å². The van der Waals surface area contributed by atoms with Crippen LogP contribution in [0, 0.1) is 0 Å². The standard InChI is InChI=1S/C17H16Cl2N4O/c1-23-8-7-20-16(23)11-3-2-4-13(9-11)21-17(24)22-15-6-5-12(18)10-14(15)19/h2-6,9-10H,7-8H2,1H3,(H2,21,22,24). The molecule has 0 aromatic heterocycles. The van der Waals surface area contributed by atoms with Crippen molar-refractivity contribution in [3.63, 3.8) is 0 Å². The number of nitrogens with zero attached hydrogens (tertiary/aromatic N) is 2. The SMILES string of the molecule is CN1CCN=C1c1cccc(NC(=O)Nc2ccc(Cl)cc2Cl)c1. The third-order valence-electron chi connectivity index (χ3n) is 3.62. The minimum absolute atomic E-state index is 0.377. The van der Waals surface area contributed by atoms with Crippen LogP contribution in [0.5, 0.6) is 0 Å². The molecule has 0 fully saturated rings. The Morgan fingerprint density at radius 3 is 2.71 bits per heavy atom. The smallest absolute Gasteiger partial charge is 0.323 e. The Bertz CT molecular complexity index is 807. The lowest BCUT2D eigenvalue weighted by molar-refractivity contribution is 0.262. The van der Waals surface area contributed by atoms with Crippen LogP contribution in [-0.2, 0) is 0 Å². The van der Waals surface area contributed by atoms with Crippen LogP contribution in [0.25, 0.3) is 0 Å². The number of hydrogen-bond donors (Lipinski definition) is 2. The first-order valence-electron chi connectivity index (χ1n) is 7.42. The van der Waals surface area contributed by atoms with E-state index in [2.05, 4.69) is 20.5 Å². The van der Waals surface area contributed by atoms with E-state index in [1.54, 1.807) is 18.2 Å². The van der Waals surface area contributed by atoms with Gasteiger partial charge >= 0.3 is 6.03 Å². The van der Waals surface area contributed by atoms with Crippen LogP contribution < -0.4 is 10.6 Å². The molecule has 2 N–H and O–H groups in total. The van der Waals surface area contributed by atoms with E-state index in [0.717, 1.165) is 24.5 Å². The summed E-state index contributed by atoms with van der Waals surface area (Å²) in [6.45, 7) is 1.70. The van der Waals surface area contributed by atoms with Gasteiger partial charge in [0.25, 0.3) is 0 Å². The molecule has 3 rings (SSSR count). The zero-order chi connectivity index (χ0) is 17.1. The fraction of sp³-hybridized carbons (Fsp3) is 0.176. The Morgan fingerprint density at radius 1 is 1.17 bits per heavy atom. The molecule has 2 aromatic carbocycles. The zero-order valence-electron chi connectivity index (χ0n) is 13.0. The highest BCUT2D eigenvalue weighted by Gasteiger charge is 2.15. The number of benzene rings is 2. The Hall–Kier alpha value is -2.24. The molecule has 0 radical (unpaired) electrons. The molecule has 0 saturated heterocycles. The first-order valence-corrected chi connectivity index (χ1v) is 8.17. The van der Waals surface area contributed by atoms with Gasteiger partial charge in [-0.3, -0.25) is 4.99 Å². The molecule has 1 aliphatic rings. The third-order valence-corrected chi connectivity index (χ3v) is 4.16. The summed E-state index contributed by atoms with van der Waals surface area (Å²) in [6.07, 6.45) is 0. The van der Waals surface area contributed by atoms with Crippen molar-refractivity contribution in [1.82, 2.24) is 4.90 Å². The highest BCUT2D eigenvalue weighted by Crippen LogP contribution is 2.25. The number of carbonyl (C=O) groups excluding carboxylic acids is 1. The van der Waals surface area contributed by atoms with E-state index < -0.39 is 0 Å². The van der Waals surface area contributed by atoms with Gasteiger partial charge in [0.05, 0.1) is 17.3 Å². The van der Waals surface area contributed by atoms with Gasteiger partial charge in [-0.05, 0) is 30.3 Å². The van der Waals surface area contributed by atoms with E-state index >= 15 is 0 Å². The van der Waals surface area contributed by atoms with Gasteiger partial charge in [-0.1, -0.05) is 35.3 Å². The lowest BCUT2D eigenvalue weighted by Crippen LogP contribution is -2.24. The molecular weight excluding hydrogens is 347 g/mol. The summed E-state index contributed by atoms with van der Waals surface area (Å²) >= 11 is 11.9. The number of halogens is 2. The minimum Gasteiger partial charge on any atom is -0.358 e. The summed E-state index contributed by atoms with van der Waals surface area (Å²) in [4.78, 5) is 18.7. The predicted octanol–water partition coefficient (Wildman–Crippen LogP) is 4.33. The molecule has 0 saturated carbocycles. The maximum atomic E-state index is 12.2. The Morgan fingerprint density at radius 2 is 2.00 bits per heavy atom. The van der Waals surface area contributed by atoms with Gasteiger partial charge < -0.3 is 15.5 Å². The summed E-state index contributed by atoms with van der Waals surface area (Å²) in [5.74, 6) is 0.930. The van der Waals surface area contributed by atoms with Gasteiger partial charge in [0, 0.05) is 29.9 Å². The van der Waals surface area contributed by atoms with Crippen molar-refractivity contribution >= 4 is 46.4 Å². The van der Waals surface area contributed by atoms with E-state index in [1.807, 2.05) is 31.3 Å². The van der Waals surface area contributed by atoms with Gasteiger partial charge in [-0.2, -0.15) is 0 Å². The van der Waals surface area contributed by atoms with Crippen LogP contribution >= 0.6 is 23.2 Å². The minimum atomic E-state index is -0.377. The van der Waals surface area contributed by atoms with Gasteiger partial charge in [-0.15, -0.1) is 0 Å². The monoisotopic (exact) mass is 362 g/mol. The predicted molar refractivity (Wildman–Crippen MR) is 99.6 cm³/mol.